The van der Waals surface area contributed by atoms with Gasteiger partial charge in [-0.15, -0.1) is 0 Å². The zero-order valence-electron chi connectivity index (χ0n) is 9.20. The summed E-state index contributed by atoms with van der Waals surface area (Å²) in [6.45, 7) is 1.30. The Balaban J connectivity index is 3.24. The minimum absolute atomic E-state index is 0.00552. The molecule has 0 aliphatic rings. The van der Waals surface area contributed by atoms with Crippen molar-refractivity contribution in [3.63, 3.8) is 0 Å². The number of halogens is 2. The average Bonchev–Trinajstić information content (AvgIpc) is 2.30. The normalized spacial score (nSPS) is 8.94. The minimum atomic E-state index is -0.436. The maximum Gasteiger partial charge on any atom is 0.308 e. The predicted molar refractivity (Wildman–Crippen MR) is 72.4 cm³/mol. The molecule has 0 N–H and O–H groups in total. The number of hydrogen-bond acceptors (Lipinski definition) is 4. The van der Waals surface area contributed by atoms with Crippen molar-refractivity contribution in [2.45, 2.75) is 6.92 Å². The van der Waals surface area contributed by atoms with E-state index in [2.05, 4.69) is 31.9 Å². The van der Waals surface area contributed by atoms with Gasteiger partial charge in [-0.3, -0.25) is 4.79 Å². The molecule has 0 bridgehead atoms. The zero-order chi connectivity index (χ0) is 13.7. The molecule has 6 heteroatoms. The van der Waals surface area contributed by atoms with Gasteiger partial charge in [0.2, 0.25) is 0 Å². The van der Waals surface area contributed by atoms with E-state index in [0.29, 0.717) is 20.3 Å². The third kappa shape index (κ3) is 3.69. The molecule has 0 spiro atoms. The molecule has 0 radical (unpaired) electrons. The molecular weight excluding hydrogens is 364 g/mol. The lowest BCUT2D eigenvalue weighted by molar-refractivity contribution is -0.131. The SMILES string of the molecule is CC(=O)Oc1c(Br)cc(C=C(C#N)C#N)cc1Br. The Kier molecular flexibility index (Phi) is 5.08. The summed E-state index contributed by atoms with van der Waals surface area (Å²) in [6.07, 6.45) is 1.44. The first-order valence-electron chi connectivity index (χ1n) is 4.67. The monoisotopic (exact) mass is 368 g/mol. The Hall–Kier alpha value is -1.63. The second-order valence-electron chi connectivity index (χ2n) is 3.19. The topological polar surface area (TPSA) is 73.9 Å². The highest BCUT2D eigenvalue weighted by Gasteiger charge is 2.10. The summed E-state index contributed by atoms with van der Waals surface area (Å²) < 4.78 is 6.10. The number of rotatable bonds is 2. The fraction of sp³-hybridized carbons (Fsp3) is 0.0833. The molecule has 1 aromatic carbocycles. The highest BCUT2D eigenvalue weighted by molar-refractivity contribution is 9.11. The van der Waals surface area contributed by atoms with Crippen LogP contribution < -0.4 is 4.74 Å². The summed E-state index contributed by atoms with van der Waals surface area (Å²) in [5.41, 5.74) is 0.636. The lowest BCUT2D eigenvalue weighted by atomic mass is 10.1. The highest BCUT2D eigenvalue weighted by Crippen LogP contribution is 2.35. The summed E-state index contributed by atoms with van der Waals surface area (Å²) in [4.78, 5) is 10.9. The van der Waals surface area contributed by atoms with Crippen LogP contribution in [0.1, 0.15) is 12.5 Å². The number of benzene rings is 1. The van der Waals surface area contributed by atoms with E-state index in [1.54, 1.807) is 24.3 Å². The molecule has 4 nitrogen and oxygen atoms in total. The smallest absolute Gasteiger partial charge is 0.308 e. The summed E-state index contributed by atoms with van der Waals surface area (Å²) in [6, 6.07) is 6.84. The number of ether oxygens (including phenoxy) is 1. The van der Waals surface area contributed by atoms with Crippen LogP contribution in [-0.2, 0) is 4.79 Å². The molecule has 0 heterocycles. The van der Waals surface area contributed by atoms with Crippen molar-refractivity contribution in [1.82, 2.24) is 0 Å². The maximum absolute atomic E-state index is 10.9. The largest absolute Gasteiger partial charge is 0.424 e. The lowest BCUT2D eigenvalue weighted by Crippen LogP contribution is -2.02. The van der Waals surface area contributed by atoms with E-state index in [-0.39, 0.29) is 5.57 Å². The van der Waals surface area contributed by atoms with Crippen molar-refractivity contribution < 1.29 is 9.53 Å². The van der Waals surface area contributed by atoms with E-state index in [1.807, 2.05) is 0 Å². The van der Waals surface area contributed by atoms with Crippen LogP contribution in [0.15, 0.2) is 26.7 Å². The van der Waals surface area contributed by atoms with Crippen molar-refractivity contribution in [2.75, 3.05) is 0 Å². The molecule has 1 aromatic rings. The van der Waals surface area contributed by atoms with Gasteiger partial charge in [-0.2, -0.15) is 10.5 Å². The molecule has 18 heavy (non-hydrogen) atoms. The van der Waals surface area contributed by atoms with Crippen molar-refractivity contribution in [3.05, 3.63) is 32.2 Å². The first kappa shape index (κ1) is 14.4. The van der Waals surface area contributed by atoms with Gasteiger partial charge in [0.15, 0.2) is 5.75 Å². The quantitative estimate of drug-likeness (QED) is 0.453. The fourth-order valence-corrected chi connectivity index (χ4v) is 2.54. The minimum Gasteiger partial charge on any atom is -0.424 e. The van der Waals surface area contributed by atoms with Crippen LogP contribution in [-0.4, -0.2) is 5.97 Å². The third-order valence-corrected chi connectivity index (χ3v) is 3.00. The second kappa shape index (κ2) is 6.34. The van der Waals surface area contributed by atoms with Gasteiger partial charge >= 0.3 is 5.97 Å². The first-order chi connectivity index (χ1) is 8.47. The summed E-state index contributed by atoms with van der Waals surface area (Å²) in [5, 5.41) is 17.3. The maximum atomic E-state index is 10.9. The van der Waals surface area contributed by atoms with Gasteiger partial charge in [0.05, 0.1) is 8.95 Å². The van der Waals surface area contributed by atoms with Gasteiger partial charge < -0.3 is 4.74 Å². The van der Waals surface area contributed by atoms with Crippen LogP contribution in [0.3, 0.4) is 0 Å². The molecule has 0 unspecified atom stereocenters. The van der Waals surface area contributed by atoms with Gasteiger partial charge in [0.1, 0.15) is 17.7 Å². The van der Waals surface area contributed by atoms with Crippen LogP contribution in [0.25, 0.3) is 6.08 Å². The number of nitriles is 2. The summed E-state index contributed by atoms with van der Waals surface area (Å²) in [7, 11) is 0. The fourth-order valence-electron chi connectivity index (χ4n) is 1.16. The molecule has 0 aliphatic carbocycles. The number of carbonyl (C=O) groups excluding carboxylic acids is 1. The van der Waals surface area contributed by atoms with Crippen LogP contribution >= 0.6 is 31.9 Å². The first-order valence-corrected chi connectivity index (χ1v) is 6.26. The van der Waals surface area contributed by atoms with E-state index in [4.69, 9.17) is 15.3 Å². The number of hydrogen-bond donors (Lipinski definition) is 0. The molecular formula is C12H6Br2N2O2. The van der Waals surface area contributed by atoms with Gasteiger partial charge in [-0.1, -0.05) is 0 Å². The second-order valence-corrected chi connectivity index (χ2v) is 4.90. The van der Waals surface area contributed by atoms with Crippen LogP contribution in [0.5, 0.6) is 5.75 Å². The number of nitrogens with zero attached hydrogens (tertiary/aromatic N) is 2. The van der Waals surface area contributed by atoms with E-state index in [9.17, 15) is 4.79 Å². The molecule has 0 aromatic heterocycles. The molecule has 1 rings (SSSR count). The Bertz CT molecular complexity index is 570. The third-order valence-electron chi connectivity index (χ3n) is 1.82. The molecule has 0 fully saturated rings. The summed E-state index contributed by atoms with van der Waals surface area (Å²) >= 11 is 6.52. The van der Waals surface area contributed by atoms with Crippen LogP contribution in [0, 0.1) is 22.7 Å². The predicted octanol–water partition coefficient (Wildman–Crippen LogP) is 3.57. The zero-order valence-corrected chi connectivity index (χ0v) is 12.4. The van der Waals surface area contributed by atoms with Crippen molar-refractivity contribution in [2.24, 2.45) is 0 Å². The summed E-state index contributed by atoms with van der Waals surface area (Å²) in [5.74, 6) is -0.0791. The van der Waals surface area contributed by atoms with E-state index >= 15 is 0 Å². The van der Waals surface area contributed by atoms with Crippen LogP contribution in [0.4, 0.5) is 0 Å². The van der Waals surface area contributed by atoms with E-state index < -0.39 is 5.97 Å². The Labute approximate surface area is 121 Å². The van der Waals surface area contributed by atoms with E-state index in [0.717, 1.165) is 0 Å². The molecule has 0 atom stereocenters. The molecule has 90 valence electrons. The van der Waals surface area contributed by atoms with E-state index in [1.165, 1.54) is 13.0 Å². The van der Waals surface area contributed by atoms with Crippen molar-refractivity contribution in [1.29, 1.82) is 10.5 Å². The Morgan fingerprint density at radius 1 is 1.28 bits per heavy atom. The molecule has 0 amide bonds. The van der Waals surface area contributed by atoms with Crippen molar-refractivity contribution >= 4 is 43.9 Å². The molecule has 0 aliphatic heterocycles. The van der Waals surface area contributed by atoms with Gasteiger partial charge in [0.25, 0.3) is 0 Å². The van der Waals surface area contributed by atoms with Crippen LogP contribution in [0.2, 0.25) is 0 Å². The van der Waals surface area contributed by atoms with Gasteiger partial charge in [-0.25, -0.2) is 0 Å². The Morgan fingerprint density at radius 3 is 2.17 bits per heavy atom. The average molecular weight is 370 g/mol. The number of carbonyl (C=O) groups is 1. The van der Waals surface area contributed by atoms with Crippen molar-refractivity contribution in [3.8, 4) is 17.9 Å². The van der Waals surface area contributed by atoms with Gasteiger partial charge in [0, 0.05) is 6.92 Å². The number of allylic oxidation sites excluding steroid dienone is 1. The molecule has 0 saturated heterocycles. The molecule has 0 saturated carbocycles. The number of esters is 1. The Morgan fingerprint density at radius 2 is 1.78 bits per heavy atom. The lowest BCUT2D eigenvalue weighted by Gasteiger charge is -2.07. The highest BCUT2D eigenvalue weighted by atomic mass is 79.9. The standard InChI is InChI=1S/C12H6Br2N2O2/c1-7(17)18-12-10(13)3-8(4-11(12)14)2-9(5-15)6-16/h2-4H,1H3. The van der Waals surface area contributed by atoms with Gasteiger partial charge in [-0.05, 0) is 55.6 Å².